The average molecular weight is 251 g/mol. The van der Waals surface area contributed by atoms with Crippen LogP contribution in [-0.2, 0) is 11.3 Å². The van der Waals surface area contributed by atoms with Gasteiger partial charge in [0.2, 0.25) is 0 Å². The van der Waals surface area contributed by atoms with Gasteiger partial charge in [-0.2, -0.15) is 18.3 Å². The third-order valence-electron chi connectivity index (χ3n) is 2.10. The van der Waals surface area contributed by atoms with Crippen molar-refractivity contribution in [2.75, 3.05) is 13.2 Å². The van der Waals surface area contributed by atoms with Gasteiger partial charge in [-0.3, -0.25) is 4.68 Å². The lowest BCUT2D eigenvalue weighted by atomic mass is 10.2. The van der Waals surface area contributed by atoms with Crippen molar-refractivity contribution in [3.8, 4) is 0 Å². The van der Waals surface area contributed by atoms with Crippen molar-refractivity contribution in [2.45, 2.75) is 32.1 Å². The van der Waals surface area contributed by atoms with Crippen LogP contribution in [0.5, 0.6) is 0 Å². The fourth-order valence-corrected chi connectivity index (χ4v) is 1.32. The second-order valence-corrected chi connectivity index (χ2v) is 3.77. The number of ether oxygens (including phenoxy) is 1. The highest BCUT2D eigenvalue weighted by molar-refractivity contribution is 5.09. The first-order valence-corrected chi connectivity index (χ1v) is 5.35. The van der Waals surface area contributed by atoms with Crippen LogP contribution in [0.1, 0.15) is 24.9 Å². The highest BCUT2D eigenvalue weighted by atomic mass is 19.4. The van der Waals surface area contributed by atoms with Crippen molar-refractivity contribution < 1.29 is 17.9 Å². The Morgan fingerprint density at radius 3 is 2.82 bits per heavy atom. The third kappa shape index (κ3) is 5.18. The molecule has 0 radical (unpaired) electrons. The molecule has 0 aromatic carbocycles. The van der Waals surface area contributed by atoms with Gasteiger partial charge in [-0.15, -0.1) is 0 Å². The summed E-state index contributed by atoms with van der Waals surface area (Å²) in [6.07, 6.45) is -0.102. The van der Waals surface area contributed by atoms with Crippen LogP contribution in [0, 0.1) is 0 Å². The van der Waals surface area contributed by atoms with Gasteiger partial charge in [-0.1, -0.05) is 6.92 Å². The van der Waals surface area contributed by atoms with E-state index in [0.29, 0.717) is 5.56 Å². The van der Waals surface area contributed by atoms with Crippen LogP contribution in [0.15, 0.2) is 12.4 Å². The first-order chi connectivity index (χ1) is 7.92. The molecule has 0 fully saturated rings. The lowest BCUT2D eigenvalue weighted by Gasteiger charge is -2.11. The van der Waals surface area contributed by atoms with Crippen LogP contribution < -0.4 is 5.73 Å². The first-order valence-electron chi connectivity index (χ1n) is 5.35. The summed E-state index contributed by atoms with van der Waals surface area (Å²) < 4.78 is 41.7. The minimum absolute atomic E-state index is 0.169. The largest absolute Gasteiger partial charge is 0.411 e. The zero-order chi connectivity index (χ0) is 12.9. The number of halogens is 3. The van der Waals surface area contributed by atoms with Crippen molar-refractivity contribution in [3.05, 3.63) is 18.0 Å². The summed E-state index contributed by atoms with van der Waals surface area (Å²) in [5.74, 6) is 0. The normalized spacial score (nSPS) is 13.9. The zero-order valence-corrected chi connectivity index (χ0v) is 9.57. The molecule has 1 aromatic rings. The zero-order valence-electron chi connectivity index (χ0n) is 9.57. The molecule has 0 saturated carbocycles. The summed E-state index contributed by atoms with van der Waals surface area (Å²) in [7, 11) is 0. The molecule has 2 N–H and O–H groups in total. The second-order valence-electron chi connectivity index (χ2n) is 3.77. The molecule has 0 aliphatic heterocycles. The number of hydrogen-bond acceptors (Lipinski definition) is 3. The molecule has 1 rings (SSSR count). The van der Waals surface area contributed by atoms with Crippen molar-refractivity contribution >= 4 is 0 Å². The smallest absolute Gasteiger partial charge is 0.370 e. The summed E-state index contributed by atoms with van der Waals surface area (Å²) in [5.41, 5.74) is 6.37. The van der Waals surface area contributed by atoms with E-state index in [1.165, 1.54) is 0 Å². The average Bonchev–Trinajstić information content (AvgIpc) is 2.65. The van der Waals surface area contributed by atoms with Gasteiger partial charge < -0.3 is 10.5 Å². The molecule has 0 spiro atoms. The van der Waals surface area contributed by atoms with Gasteiger partial charge >= 0.3 is 6.18 Å². The minimum Gasteiger partial charge on any atom is -0.370 e. The topological polar surface area (TPSA) is 53.1 Å². The Hall–Kier alpha value is -1.08. The second kappa shape index (κ2) is 6.02. The van der Waals surface area contributed by atoms with Crippen LogP contribution >= 0.6 is 0 Å². The number of alkyl halides is 3. The molecule has 1 heterocycles. The maximum absolute atomic E-state index is 11.8. The fourth-order valence-electron chi connectivity index (χ4n) is 1.32. The highest BCUT2D eigenvalue weighted by Crippen LogP contribution is 2.16. The number of rotatable bonds is 6. The lowest BCUT2D eigenvalue weighted by molar-refractivity contribution is -0.174. The summed E-state index contributed by atoms with van der Waals surface area (Å²) in [6.45, 7) is 1.32. The Kier molecular flexibility index (Phi) is 4.95. The van der Waals surface area contributed by atoms with Crippen LogP contribution in [-0.4, -0.2) is 29.2 Å². The number of nitrogens with zero attached hydrogens (tertiary/aromatic N) is 2. The Balaban J connectivity index is 2.38. The summed E-state index contributed by atoms with van der Waals surface area (Å²) in [6, 6.07) is -0.581. The molecule has 0 bridgehead atoms. The van der Waals surface area contributed by atoms with Crippen LogP contribution in [0.25, 0.3) is 0 Å². The maximum atomic E-state index is 11.8. The van der Waals surface area contributed by atoms with Crippen molar-refractivity contribution in [1.82, 2.24) is 9.78 Å². The predicted octanol–water partition coefficient (Wildman–Crippen LogP) is 1.87. The van der Waals surface area contributed by atoms with E-state index in [1.54, 1.807) is 17.1 Å². The fraction of sp³-hybridized carbons (Fsp3) is 0.700. The predicted molar refractivity (Wildman–Crippen MR) is 56.3 cm³/mol. The number of hydrogen-bond donors (Lipinski definition) is 1. The molecule has 4 nitrogen and oxygen atoms in total. The van der Waals surface area contributed by atoms with E-state index in [1.807, 2.05) is 6.92 Å². The van der Waals surface area contributed by atoms with E-state index in [0.717, 1.165) is 13.0 Å². The minimum atomic E-state index is -4.31. The quantitative estimate of drug-likeness (QED) is 0.839. The summed E-state index contributed by atoms with van der Waals surface area (Å²) >= 11 is 0. The number of aryl methyl sites for hydroxylation is 1. The van der Waals surface area contributed by atoms with Gasteiger partial charge in [0.15, 0.2) is 0 Å². The summed E-state index contributed by atoms with van der Waals surface area (Å²) in [4.78, 5) is 0. The van der Waals surface area contributed by atoms with Gasteiger partial charge in [-0.25, -0.2) is 0 Å². The van der Waals surface area contributed by atoms with Gasteiger partial charge in [-0.05, 0) is 6.42 Å². The molecule has 17 heavy (non-hydrogen) atoms. The molecule has 0 saturated heterocycles. The number of aromatic nitrogens is 2. The lowest BCUT2D eigenvalue weighted by Crippen LogP contribution is -2.23. The molecule has 0 aliphatic rings. The van der Waals surface area contributed by atoms with Gasteiger partial charge in [0.1, 0.15) is 6.61 Å². The van der Waals surface area contributed by atoms with Crippen LogP contribution in [0.3, 0.4) is 0 Å². The van der Waals surface area contributed by atoms with Crippen molar-refractivity contribution in [1.29, 1.82) is 0 Å². The highest BCUT2D eigenvalue weighted by Gasteiger charge is 2.27. The molecule has 98 valence electrons. The molecular weight excluding hydrogens is 235 g/mol. The Morgan fingerprint density at radius 1 is 1.53 bits per heavy atom. The Labute approximate surface area is 97.5 Å². The molecule has 7 heteroatoms. The molecule has 1 aromatic heterocycles. The Bertz CT molecular complexity index is 338. The molecule has 1 atom stereocenters. The first kappa shape index (κ1) is 14.0. The van der Waals surface area contributed by atoms with E-state index in [9.17, 15) is 13.2 Å². The van der Waals surface area contributed by atoms with Crippen molar-refractivity contribution in [3.63, 3.8) is 0 Å². The SMILES string of the molecule is CCCn1cc(C(N)COCC(F)(F)F)cn1. The summed E-state index contributed by atoms with van der Waals surface area (Å²) in [5, 5.41) is 4.04. The molecule has 0 amide bonds. The van der Waals surface area contributed by atoms with E-state index in [4.69, 9.17) is 5.73 Å². The molecule has 1 unspecified atom stereocenters. The monoisotopic (exact) mass is 251 g/mol. The van der Waals surface area contributed by atoms with Gasteiger partial charge in [0.05, 0.1) is 18.8 Å². The Morgan fingerprint density at radius 2 is 2.24 bits per heavy atom. The maximum Gasteiger partial charge on any atom is 0.411 e. The van der Waals surface area contributed by atoms with E-state index in [-0.39, 0.29) is 6.61 Å². The van der Waals surface area contributed by atoms with Crippen LogP contribution in [0.2, 0.25) is 0 Å². The standard InChI is InChI=1S/C10H16F3N3O/c1-2-3-16-5-8(4-15-16)9(14)6-17-7-10(11,12)13/h4-5,9H,2-3,6-7,14H2,1H3. The van der Waals surface area contributed by atoms with Gasteiger partial charge in [0, 0.05) is 18.3 Å². The molecule has 0 aliphatic carbocycles. The third-order valence-corrected chi connectivity index (χ3v) is 2.10. The van der Waals surface area contributed by atoms with E-state index >= 15 is 0 Å². The van der Waals surface area contributed by atoms with E-state index < -0.39 is 18.8 Å². The van der Waals surface area contributed by atoms with Crippen molar-refractivity contribution in [2.24, 2.45) is 5.73 Å². The number of nitrogens with two attached hydrogens (primary N) is 1. The van der Waals surface area contributed by atoms with Gasteiger partial charge in [0.25, 0.3) is 0 Å². The van der Waals surface area contributed by atoms with Crippen LogP contribution in [0.4, 0.5) is 13.2 Å². The van der Waals surface area contributed by atoms with E-state index in [2.05, 4.69) is 9.84 Å². The molecular formula is C10H16F3N3O.